The smallest absolute Gasteiger partial charge is 0.303 e. The molecule has 1 aliphatic rings. The minimum absolute atomic E-state index is 0.00343. The number of carbonyl (C=O) groups excluding carboxylic acids is 2. The van der Waals surface area contributed by atoms with E-state index in [-0.39, 0.29) is 25.0 Å². The Kier molecular flexibility index (Phi) is 6.24. The van der Waals surface area contributed by atoms with Gasteiger partial charge in [0, 0.05) is 13.0 Å². The van der Waals surface area contributed by atoms with Gasteiger partial charge in [-0.2, -0.15) is 0 Å². The molecule has 0 saturated carbocycles. The summed E-state index contributed by atoms with van der Waals surface area (Å²) in [5.41, 5.74) is 1.50. The van der Waals surface area contributed by atoms with E-state index >= 15 is 0 Å². The van der Waals surface area contributed by atoms with Crippen molar-refractivity contribution < 1.29 is 24.6 Å². The Morgan fingerprint density at radius 2 is 1.62 bits per heavy atom. The highest BCUT2D eigenvalue weighted by atomic mass is 16.4. The zero-order valence-corrected chi connectivity index (χ0v) is 15.7. The largest absolute Gasteiger partial charge is 0.503 e. The van der Waals surface area contributed by atoms with Gasteiger partial charge in [0.15, 0.2) is 11.5 Å². The van der Waals surface area contributed by atoms with E-state index in [9.17, 15) is 19.5 Å². The summed E-state index contributed by atoms with van der Waals surface area (Å²) in [6.45, 7) is 0.119. The average Bonchev–Trinajstić information content (AvgIpc) is 2.98. The maximum absolute atomic E-state index is 12.9. The van der Waals surface area contributed by atoms with Crippen molar-refractivity contribution >= 4 is 23.7 Å². The molecule has 3 rings (SSSR count). The highest BCUT2D eigenvalue weighted by molar-refractivity contribution is 6.14. The van der Waals surface area contributed by atoms with Crippen LogP contribution in [0.5, 0.6) is 0 Å². The third-order valence-electron chi connectivity index (χ3n) is 4.70. The summed E-state index contributed by atoms with van der Waals surface area (Å²) in [6, 6.07) is 17.4. The number of amides is 1. The maximum Gasteiger partial charge on any atom is 0.303 e. The van der Waals surface area contributed by atoms with Crippen LogP contribution in [-0.2, 0) is 14.4 Å². The van der Waals surface area contributed by atoms with Gasteiger partial charge in [-0.05, 0) is 23.6 Å². The summed E-state index contributed by atoms with van der Waals surface area (Å²) < 4.78 is 0. The lowest BCUT2D eigenvalue weighted by Crippen LogP contribution is -2.32. The lowest BCUT2D eigenvalue weighted by molar-refractivity contribution is -0.138. The predicted octanol–water partition coefficient (Wildman–Crippen LogP) is 3.53. The first-order valence-corrected chi connectivity index (χ1v) is 9.27. The molecule has 148 valence electrons. The van der Waals surface area contributed by atoms with Crippen LogP contribution in [0.4, 0.5) is 0 Å². The Morgan fingerprint density at radius 1 is 1.00 bits per heavy atom. The van der Waals surface area contributed by atoms with Crippen LogP contribution in [0.2, 0.25) is 0 Å². The Hall–Kier alpha value is -3.67. The van der Waals surface area contributed by atoms with Crippen molar-refractivity contribution in [3.8, 4) is 0 Å². The van der Waals surface area contributed by atoms with Gasteiger partial charge in [0.05, 0.1) is 11.6 Å². The number of allylic oxidation sites excluding steroid dienone is 1. The zero-order valence-electron chi connectivity index (χ0n) is 15.7. The van der Waals surface area contributed by atoms with Crippen molar-refractivity contribution in [3.63, 3.8) is 0 Å². The van der Waals surface area contributed by atoms with E-state index in [2.05, 4.69) is 0 Å². The van der Waals surface area contributed by atoms with Crippen molar-refractivity contribution in [1.82, 2.24) is 4.90 Å². The van der Waals surface area contributed by atoms with E-state index in [1.165, 1.54) is 11.0 Å². The van der Waals surface area contributed by atoms with Gasteiger partial charge >= 0.3 is 5.97 Å². The van der Waals surface area contributed by atoms with Gasteiger partial charge in [-0.15, -0.1) is 0 Å². The number of aliphatic hydroxyl groups is 1. The van der Waals surface area contributed by atoms with Crippen molar-refractivity contribution in [3.05, 3.63) is 89.2 Å². The first-order chi connectivity index (χ1) is 14.0. The average molecular weight is 391 g/mol. The van der Waals surface area contributed by atoms with E-state index in [1.807, 2.05) is 36.4 Å². The molecule has 0 aliphatic carbocycles. The van der Waals surface area contributed by atoms with Crippen LogP contribution in [0.3, 0.4) is 0 Å². The van der Waals surface area contributed by atoms with E-state index in [0.29, 0.717) is 5.56 Å². The number of hydrogen-bond donors (Lipinski definition) is 2. The molecule has 1 atom stereocenters. The Balaban J connectivity index is 1.92. The predicted molar refractivity (Wildman–Crippen MR) is 108 cm³/mol. The van der Waals surface area contributed by atoms with Crippen molar-refractivity contribution in [2.45, 2.75) is 18.9 Å². The number of nitrogens with zero attached hydrogens (tertiary/aromatic N) is 1. The topological polar surface area (TPSA) is 94.9 Å². The van der Waals surface area contributed by atoms with Gasteiger partial charge < -0.3 is 15.1 Å². The number of rotatable bonds is 8. The van der Waals surface area contributed by atoms with Crippen LogP contribution < -0.4 is 0 Å². The first kappa shape index (κ1) is 20.1. The number of ketones is 1. The molecule has 0 fully saturated rings. The van der Waals surface area contributed by atoms with E-state index in [1.54, 1.807) is 30.3 Å². The molecule has 1 heterocycles. The SMILES string of the molecule is O=C(O)CCCN1C(=O)C(O)=C(C(=O)/C=C/c2ccccc2)C1c1ccccc1. The number of aliphatic hydroxyl groups excluding tert-OH is 1. The number of aliphatic carboxylic acids is 1. The van der Waals surface area contributed by atoms with Gasteiger partial charge in [0.2, 0.25) is 0 Å². The summed E-state index contributed by atoms with van der Waals surface area (Å²) in [7, 11) is 0. The normalized spacial score (nSPS) is 16.6. The minimum atomic E-state index is -0.966. The van der Waals surface area contributed by atoms with Crippen LogP contribution >= 0.6 is 0 Å². The van der Waals surface area contributed by atoms with Gasteiger partial charge in [0.1, 0.15) is 0 Å². The lowest BCUT2D eigenvalue weighted by atomic mass is 9.95. The fraction of sp³-hybridized carbons (Fsp3) is 0.174. The Labute approximate surface area is 168 Å². The zero-order chi connectivity index (χ0) is 20.8. The Morgan fingerprint density at radius 3 is 2.24 bits per heavy atom. The quantitative estimate of drug-likeness (QED) is 0.671. The number of benzene rings is 2. The molecule has 2 aromatic carbocycles. The summed E-state index contributed by atoms with van der Waals surface area (Å²) in [5, 5.41) is 19.3. The number of hydrogen-bond acceptors (Lipinski definition) is 4. The first-order valence-electron chi connectivity index (χ1n) is 9.27. The van der Waals surface area contributed by atoms with E-state index < -0.39 is 29.5 Å². The second kappa shape index (κ2) is 9.01. The summed E-state index contributed by atoms with van der Waals surface area (Å²) in [5.74, 6) is -2.68. The minimum Gasteiger partial charge on any atom is -0.503 e. The van der Waals surface area contributed by atoms with Crippen LogP contribution in [-0.4, -0.2) is 39.3 Å². The molecule has 1 unspecified atom stereocenters. The standard InChI is InChI=1S/C23H21NO5/c25-18(14-13-16-8-3-1-4-9-16)20-21(17-10-5-2-6-11-17)24(23(29)22(20)28)15-7-12-19(26)27/h1-6,8-11,13-14,21,28H,7,12,15H2,(H,26,27)/b14-13+. The molecule has 1 amide bonds. The lowest BCUT2D eigenvalue weighted by Gasteiger charge is -2.26. The molecular formula is C23H21NO5. The molecule has 6 nitrogen and oxygen atoms in total. The third-order valence-corrected chi connectivity index (χ3v) is 4.70. The molecule has 29 heavy (non-hydrogen) atoms. The van der Waals surface area contributed by atoms with Gasteiger partial charge in [-0.1, -0.05) is 66.7 Å². The monoisotopic (exact) mass is 391 g/mol. The fourth-order valence-electron chi connectivity index (χ4n) is 3.34. The highest BCUT2D eigenvalue weighted by Gasteiger charge is 2.42. The molecule has 0 aromatic heterocycles. The van der Waals surface area contributed by atoms with E-state index in [0.717, 1.165) is 5.56 Å². The summed E-state index contributed by atoms with van der Waals surface area (Å²) in [6.07, 6.45) is 3.08. The highest BCUT2D eigenvalue weighted by Crippen LogP contribution is 2.38. The second-order valence-electron chi connectivity index (χ2n) is 6.68. The second-order valence-corrected chi connectivity index (χ2v) is 6.68. The van der Waals surface area contributed by atoms with E-state index in [4.69, 9.17) is 5.11 Å². The molecule has 2 N–H and O–H groups in total. The summed E-state index contributed by atoms with van der Waals surface area (Å²) >= 11 is 0. The van der Waals surface area contributed by atoms with Crippen LogP contribution in [0, 0.1) is 0 Å². The fourth-order valence-corrected chi connectivity index (χ4v) is 3.34. The number of carbonyl (C=O) groups is 3. The molecule has 0 spiro atoms. The van der Waals surface area contributed by atoms with Crippen LogP contribution in [0.25, 0.3) is 6.08 Å². The number of carboxylic acids is 1. The Bertz CT molecular complexity index is 963. The third kappa shape index (κ3) is 4.60. The molecular weight excluding hydrogens is 370 g/mol. The van der Waals surface area contributed by atoms with Crippen molar-refractivity contribution in [2.75, 3.05) is 6.54 Å². The van der Waals surface area contributed by atoms with Gasteiger partial charge in [-0.3, -0.25) is 14.4 Å². The summed E-state index contributed by atoms with van der Waals surface area (Å²) in [4.78, 5) is 37.8. The molecule has 2 aromatic rings. The molecule has 0 radical (unpaired) electrons. The molecule has 0 bridgehead atoms. The van der Waals surface area contributed by atoms with Crippen LogP contribution in [0.1, 0.15) is 30.0 Å². The molecule has 6 heteroatoms. The number of carboxylic acid groups (broad SMARTS) is 1. The van der Waals surface area contributed by atoms with Gasteiger partial charge in [-0.25, -0.2) is 0 Å². The van der Waals surface area contributed by atoms with Crippen LogP contribution in [0.15, 0.2) is 78.1 Å². The molecule has 0 saturated heterocycles. The van der Waals surface area contributed by atoms with Crippen molar-refractivity contribution in [1.29, 1.82) is 0 Å². The molecule has 1 aliphatic heterocycles. The van der Waals surface area contributed by atoms with Crippen molar-refractivity contribution in [2.24, 2.45) is 0 Å². The maximum atomic E-state index is 12.9. The van der Waals surface area contributed by atoms with Gasteiger partial charge in [0.25, 0.3) is 5.91 Å².